The lowest BCUT2D eigenvalue weighted by molar-refractivity contribution is -0.143. The fourth-order valence-electron chi connectivity index (χ4n) is 2.99. The van der Waals surface area contributed by atoms with Crippen molar-refractivity contribution in [2.45, 2.75) is 69.5 Å². The predicted octanol–water partition coefficient (Wildman–Crippen LogP) is -2.28. The highest BCUT2D eigenvalue weighted by atomic mass is 16.4. The summed E-state index contributed by atoms with van der Waals surface area (Å²) in [6.07, 6.45) is -3.69. The third-order valence-corrected chi connectivity index (χ3v) is 5.06. The minimum atomic E-state index is -1.59. The van der Waals surface area contributed by atoms with Crippen LogP contribution < -0.4 is 21.7 Å². The summed E-state index contributed by atoms with van der Waals surface area (Å²) >= 11 is 0. The molecule has 9 N–H and O–H groups in total. The number of nitrogens with two attached hydrogens (primary N) is 1. The fraction of sp³-hybridized carbons (Fsp3) is 0.500. The third kappa shape index (κ3) is 10.1. The molecule has 0 aliphatic heterocycles. The molecule has 0 spiro atoms. The Balaban J connectivity index is 3.02. The van der Waals surface area contributed by atoms with E-state index in [4.69, 9.17) is 10.8 Å². The number of amides is 3. The fourth-order valence-corrected chi connectivity index (χ4v) is 2.99. The SMILES string of the molecule is CC(O)C(N)C(=O)NC(C(=O)NC(CCC(=O)O)C(=O)NC(Cc1ccccc1)C(=O)O)C(C)O. The highest BCUT2D eigenvalue weighted by Crippen LogP contribution is 2.07. The van der Waals surface area contributed by atoms with Crippen molar-refractivity contribution in [3.8, 4) is 0 Å². The molecular weight excluding hydrogens is 464 g/mol. The zero-order chi connectivity index (χ0) is 26.7. The van der Waals surface area contributed by atoms with E-state index in [1.807, 2.05) is 0 Å². The molecule has 0 aromatic heterocycles. The Morgan fingerprint density at radius 3 is 1.89 bits per heavy atom. The number of carboxylic acid groups (broad SMARTS) is 2. The van der Waals surface area contributed by atoms with Gasteiger partial charge in [0, 0.05) is 12.8 Å². The number of carboxylic acids is 2. The second kappa shape index (κ2) is 14.0. The van der Waals surface area contributed by atoms with Gasteiger partial charge in [0.1, 0.15) is 24.2 Å². The lowest BCUT2D eigenvalue weighted by Crippen LogP contribution is -2.60. The van der Waals surface area contributed by atoms with Gasteiger partial charge in [-0.1, -0.05) is 30.3 Å². The maximum Gasteiger partial charge on any atom is 0.326 e. The molecule has 0 aliphatic rings. The average molecular weight is 497 g/mol. The van der Waals surface area contributed by atoms with E-state index in [9.17, 15) is 39.3 Å². The Labute approximate surface area is 201 Å². The second-order valence-corrected chi connectivity index (χ2v) is 8.08. The van der Waals surface area contributed by atoms with E-state index in [0.29, 0.717) is 5.56 Å². The largest absolute Gasteiger partial charge is 0.481 e. The summed E-state index contributed by atoms with van der Waals surface area (Å²) in [6, 6.07) is 2.61. The van der Waals surface area contributed by atoms with Crippen molar-refractivity contribution < 1.29 is 44.4 Å². The van der Waals surface area contributed by atoms with Crippen molar-refractivity contribution in [3.63, 3.8) is 0 Å². The summed E-state index contributed by atoms with van der Waals surface area (Å²) in [5.74, 6) is -5.54. The van der Waals surface area contributed by atoms with Crippen LogP contribution in [0.1, 0.15) is 32.3 Å². The van der Waals surface area contributed by atoms with E-state index in [2.05, 4.69) is 16.0 Å². The van der Waals surface area contributed by atoms with Gasteiger partial charge in [-0.2, -0.15) is 0 Å². The van der Waals surface area contributed by atoms with Crippen molar-refractivity contribution in [2.75, 3.05) is 0 Å². The maximum atomic E-state index is 12.8. The molecule has 0 fully saturated rings. The van der Waals surface area contributed by atoms with Gasteiger partial charge >= 0.3 is 11.9 Å². The lowest BCUT2D eigenvalue weighted by Gasteiger charge is -2.26. The van der Waals surface area contributed by atoms with Crippen molar-refractivity contribution in [1.82, 2.24) is 16.0 Å². The van der Waals surface area contributed by atoms with Gasteiger partial charge in [-0.05, 0) is 25.8 Å². The molecule has 0 bridgehead atoms. The molecule has 0 saturated heterocycles. The van der Waals surface area contributed by atoms with Crippen molar-refractivity contribution in [2.24, 2.45) is 5.73 Å². The predicted molar refractivity (Wildman–Crippen MR) is 122 cm³/mol. The molecule has 6 unspecified atom stereocenters. The number of carbonyl (C=O) groups excluding carboxylic acids is 3. The third-order valence-electron chi connectivity index (χ3n) is 5.06. The summed E-state index contributed by atoms with van der Waals surface area (Å²) in [6.45, 7) is 2.44. The van der Waals surface area contributed by atoms with Crippen LogP contribution in [0, 0.1) is 0 Å². The first kappa shape index (κ1) is 29.5. The van der Waals surface area contributed by atoms with Gasteiger partial charge in [0.05, 0.1) is 12.2 Å². The number of carbonyl (C=O) groups is 5. The highest BCUT2D eigenvalue weighted by molar-refractivity contribution is 5.94. The van der Waals surface area contributed by atoms with E-state index in [0.717, 1.165) is 0 Å². The summed E-state index contributed by atoms with van der Waals surface area (Å²) < 4.78 is 0. The van der Waals surface area contributed by atoms with Gasteiger partial charge in [-0.3, -0.25) is 19.2 Å². The number of aliphatic hydroxyl groups is 2. The zero-order valence-corrected chi connectivity index (χ0v) is 19.4. The van der Waals surface area contributed by atoms with E-state index < -0.39 is 78.9 Å². The van der Waals surface area contributed by atoms with Gasteiger partial charge < -0.3 is 42.1 Å². The second-order valence-electron chi connectivity index (χ2n) is 8.08. The molecule has 0 aliphatic carbocycles. The number of aliphatic carboxylic acids is 2. The Morgan fingerprint density at radius 2 is 1.40 bits per heavy atom. The number of nitrogens with one attached hydrogen (secondary N) is 3. The molecule has 0 saturated carbocycles. The quantitative estimate of drug-likeness (QED) is 0.138. The molecule has 35 heavy (non-hydrogen) atoms. The van der Waals surface area contributed by atoms with Crippen LogP contribution in [-0.2, 0) is 30.4 Å². The molecule has 13 nitrogen and oxygen atoms in total. The average Bonchev–Trinajstić information content (AvgIpc) is 2.78. The summed E-state index contributed by atoms with van der Waals surface area (Å²) in [7, 11) is 0. The number of benzene rings is 1. The smallest absolute Gasteiger partial charge is 0.326 e. The van der Waals surface area contributed by atoms with Gasteiger partial charge in [0.2, 0.25) is 17.7 Å². The van der Waals surface area contributed by atoms with E-state index >= 15 is 0 Å². The first-order valence-electron chi connectivity index (χ1n) is 10.8. The summed E-state index contributed by atoms with van der Waals surface area (Å²) in [5.41, 5.74) is 6.15. The Morgan fingerprint density at radius 1 is 0.829 bits per heavy atom. The maximum absolute atomic E-state index is 12.8. The van der Waals surface area contributed by atoms with Crippen LogP contribution in [0.2, 0.25) is 0 Å². The molecule has 0 radical (unpaired) electrons. The van der Waals surface area contributed by atoms with Crippen LogP contribution >= 0.6 is 0 Å². The van der Waals surface area contributed by atoms with Gasteiger partial charge in [-0.25, -0.2) is 4.79 Å². The zero-order valence-electron chi connectivity index (χ0n) is 19.4. The molecule has 1 rings (SSSR count). The first-order chi connectivity index (χ1) is 16.3. The normalized spacial score (nSPS) is 16.0. The van der Waals surface area contributed by atoms with Gasteiger partial charge in [0.25, 0.3) is 0 Å². The minimum absolute atomic E-state index is 0.0644. The molecule has 13 heteroatoms. The van der Waals surface area contributed by atoms with Gasteiger partial charge in [-0.15, -0.1) is 0 Å². The van der Waals surface area contributed by atoms with Crippen molar-refractivity contribution >= 4 is 29.7 Å². The van der Waals surface area contributed by atoms with E-state index in [-0.39, 0.29) is 6.42 Å². The summed E-state index contributed by atoms with van der Waals surface area (Å²) in [4.78, 5) is 60.4. The topological polar surface area (TPSA) is 228 Å². The van der Waals surface area contributed by atoms with Crippen LogP contribution in [0.4, 0.5) is 0 Å². The van der Waals surface area contributed by atoms with Crippen LogP contribution in [0.25, 0.3) is 0 Å². The molecule has 0 heterocycles. The molecule has 6 atom stereocenters. The number of hydrogen-bond donors (Lipinski definition) is 8. The van der Waals surface area contributed by atoms with Crippen LogP contribution in [0.5, 0.6) is 0 Å². The molecule has 194 valence electrons. The van der Waals surface area contributed by atoms with E-state index in [1.54, 1.807) is 30.3 Å². The molecular formula is C22H32N4O9. The number of aliphatic hydroxyl groups excluding tert-OH is 2. The Kier molecular flexibility index (Phi) is 11.8. The highest BCUT2D eigenvalue weighted by Gasteiger charge is 2.33. The Bertz CT molecular complexity index is 892. The summed E-state index contributed by atoms with van der Waals surface area (Å²) in [5, 5.41) is 44.6. The molecule has 1 aromatic carbocycles. The van der Waals surface area contributed by atoms with Gasteiger partial charge in [0.15, 0.2) is 0 Å². The number of hydrogen-bond acceptors (Lipinski definition) is 8. The standard InChI is InChI=1S/C22H32N4O9/c1-11(27)17(23)20(32)26-18(12(2)28)21(33)24-14(8-9-16(29)30)19(31)25-15(22(34)35)10-13-6-4-3-5-7-13/h3-7,11-12,14-15,17-18,27-28H,8-10,23H2,1-2H3,(H,24,33)(H,25,31)(H,26,32)(H,29,30)(H,34,35). The Hall–Kier alpha value is -3.55. The van der Waals surface area contributed by atoms with E-state index in [1.165, 1.54) is 13.8 Å². The first-order valence-corrected chi connectivity index (χ1v) is 10.8. The lowest BCUT2D eigenvalue weighted by atomic mass is 10.0. The molecule has 3 amide bonds. The number of rotatable bonds is 14. The monoisotopic (exact) mass is 496 g/mol. The van der Waals surface area contributed by atoms with Crippen LogP contribution in [0.15, 0.2) is 30.3 Å². The van der Waals surface area contributed by atoms with Crippen LogP contribution in [-0.4, -0.2) is 86.5 Å². The van der Waals surface area contributed by atoms with Crippen molar-refractivity contribution in [3.05, 3.63) is 35.9 Å². The van der Waals surface area contributed by atoms with Crippen molar-refractivity contribution in [1.29, 1.82) is 0 Å². The molecule has 1 aromatic rings. The minimum Gasteiger partial charge on any atom is -0.481 e. The van der Waals surface area contributed by atoms with Crippen LogP contribution in [0.3, 0.4) is 0 Å².